The number of rotatable bonds is 12. The van der Waals surface area contributed by atoms with Crippen molar-refractivity contribution >= 4 is 57.3 Å². The van der Waals surface area contributed by atoms with Gasteiger partial charge in [0.25, 0.3) is 0 Å². The summed E-state index contributed by atoms with van der Waals surface area (Å²) in [4.78, 5) is 48.0. The molecule has 2 rings (SSSR count). The van der Waals surface area contributed by atoms with Crippen molar-refractivity contribution in [2.75, 3.05) is 51.7 Å². The van der Waals surface area contributed by atoms with E-state index in [4.69, 9.17) is 46.0 Å². The first-order valence-corrected chi connectivity index (χ1v) is 18.5. The highest BCUT2D eigenvalue weighted by atomic mass is 79.9. The third kappa shape index (κ3) is 38.4. The van der Waals surface area contributed by atoms with Crippen LogP contribution in [-0.4, -0.2) is 115 Å². The molecule has 1 aromatic heterocycles. The Labute approximate surface area is 335 Å². The summed E-state index contributed by atoms with van der Waals surface area (Å²) >= 11 is 3.05. The molecule has 1 fully saturated rings. The molecule has 0 spiro atoms. The normalized spacial score (nSPS) is 11.8. The van der Waals surface area contributed by atoms with Gasteiger partial charge in [0.15, 0.2) is 17.5 Å². The Balaban J connectivity index is -0.000000299. The van der Waals surface area contributed by atoms with Crippen LogP contribution in [0.1, 0.15) is 107 Å². The van der Waals surface area contributed by atoms with Crippen LogP contribution in [0.25, 0.3) is 0 Å². The molecule has 0 unspecified atom stereocenters. The quantitative estimate of drug-likeness (QED) is 0.0564. The lowest BCUT2D eigenvalue weighted by Crippen LogP contribution is -2.28. The number of nitrogens with zero attached hydrogens (tertiary/aromatic N) is 2. The predicted molar refractivity (Wildman–Crippen MR) is 215 cm³/mol. The van der Waals surface area contributed by atoms with Gasteiger partial charge in [-0.3, -0.25) is 25.2 Å². The molecular weight excluding hydrogens is 788 g/mol. The van der Waals surface area contributed by atoms with Crippen molar-refractivity contribution in [2.24, 2.45) is 17.2 Å². The van der Waals surface area contributed by atoms with Crippen molar-refractivity contribution < 1.29 is 52.3 Å². The van der Waals surface area contributed by atoms with Gasteiger partial charge in [-0.1, -0.05) is 29.8 Å². The fourth-order valence-corrected chi connectivity index (χ4v) is 3.48. The second-order valence-electron chi connectivity index (χ2n) is 13.3. The number of hydrogen-bond acceptors (Lipinski definition) is 15. The number of esters is 1. The van der Waals surface area contributed by atoms with Crippen LogP contribution in [0.15, 0.2) is 6.20 Å². The van der Waals surface area contributed by atoms with Crippen molar-refractivity contribution in [3.8, 4) is 0 Å². The maximum atomic E-state index is 11.7. The van der Waals surface area contributed by atoms with Gasteiger partial charge < -0.3 is 56.1 Å². The summed E-state index contributed by atoms with van der Waals surface area (Å²) in [6.45, 7) is 22.7. The fourth-order valence-electron chi connectivity index (χ4n) is 3.22. The lowest BCUT2D eigenvalue weighted by atomic mass is 10.2. The third-order valence-electron chi connectivity index (χ3n) is 5.31. The first kappa shape index (κ1) is 58.0. The predicted octanol–water partition coefficient (Wildman–Crippen LogP) is 4.21. The van der Waals surface area contributed by atoms with Gasteiger partial charge in [0.1, 0.15) is 23.5 Å². The maximum Gasteiger partial charge on any atom is 0.421 e. The number of nitrogens with two attached hydrogens (primary N) is 4. The lowest BCUT2D eigenvalue weighted by molar-refractivity contribution is -0.165. The number of alkyl halides is 1. The van der Waals surface area contributed by atoms with Crippen LogP contribution in [0.4, 0.5) is 10.7 Å². The number of Topliss-reactive ketones (excluding diaryl/α,β-unsaturated/α-hetero) is 2. The SMILES string of the molecule is C1CCOC1.CC(C)(C)OC(=O)CC(=N)N.CC(C)c1cn(C(=O)OC(C)(C)C)c(N)n1.CCOC(OCC)C(=O)CBr.COC(OC)C(C)=O.N=C(N)N. The Kier molecular flexibility index (Phi) is 34.3. The highest BCUT2D eigenvalue weighted by Gasteiger charge is 2.21. The molecule has 0 saturated carbocycles. The van der Waals surface area contributed by atoms with Gasteiger partial charge in [-0.2, -0.15) is 0 Å². The zero-order chi connectivity index (χ0) is 43.9. The van der Waals surface area contributed by atoms with Gasteiger partial charge in [0.05, 0.1) is 11.0 Å². The van der Waals surface area contributed by atoms with E-state index in [-0.39, 0.29) is 47.0 Å². The summed E-state index contributed by atoms with van der Waals surface area (Å²) in [5.74, 6) is -0.753. The fraction of sp³-hybridized carbons (Fsp3) is 0.743. The molecule has 19 nitrogen and oxygen atoms in total. The molecule has 1 aliphatic rings. The minimum absolute atomic E-state index is 0.0753. The summed E-state index contributed by atoms with van der Waals surface area (Å²) < 4.78 is 35.5. The van der Waals surface area contributed by atoms with E-state index < -0.39 is 35.8 Å². The van der Waals surface area contributed by atoms with Gasteiger partial charge in [-0.15, -0.1) is 0 Å². The van der Waals surface area contributed by atoms with Crippen LogP contribution in [0.5, 0.6) is 0 Å². The van der Waals surface area contributed by atoms with Crippen molar-refractivity contribution in [1.82, 2.24) is 9.55 Å². The second kappa shape index (κ2) is 32.5. The highest BCUT2D eigenvalue weighted by molar-refractivity contribution is 9.09. The second-order valence-corrected chi connectivity index (χ2v) is 13.9. The maximum absolute atomic E-state index is 11.7. The van der Waals surface area contributed by atoms with Gasteiger partial charge in [0.2, 0.25) is 18.5 Å². The van der Waals surface area contributed by atoms with Crippen molar-refractivity contribution in [2.45, 2.75) is 125 Å². The Morgan fingerprint density at radius 1 is 0.891 bits per heavy atom. The average Bonchev–Trinajstić information content (AvgIpc) is 3.74. The molecule has 1 saturated heterocycles. The number of hydrogen-bond donors (Lipinski definition) is 6. The largest absolute Gasteiger partial charge is 0.460 e. The summed E-state index contributed by atoms with van der Waals surface area (Å²) in [5.41, 5.74) is 19.3. The molecule has 0 aromatic carbocycles. The molecule has 1 aliphatic heterocycles. The van der Waals surface area contributed by atoms with Crippen LogP contribution in [0.3, 0.4) is 0 Å². The first-order chi connectivity index (χ1) is 25.2. The molecule has 322 valence electrons. The molecule has 0 atom stereocenters. The molecule has 20 heteroatoms. The lowest BCUT2D eigenvalue weighted by Gasteiger charge is -2.19. The molecule has 0 bridgehead atoms. The number of nitrogens with one attached hydrogen (secondary N) is 2. The van der Waals surface area contributed by atoms with E-state index in [1.54, 1.807) is 47.7 Å². The van der Waals surface area contributed by atoms with Crippen LogP contribution < -0.4 is 22.9 Å². The van der Waals surface area contributed by atoms with Gasteiger partial charge in [-0.05, 0) is 81.1 Å². The number of guanidine groups is 1. The summed E-state index contributed by atoms with van der Waals surface area (Å²) in [6.07, 6.45) is 2.18. The molecule has 0 amide bonds. The number of ketones is 2. The number of aromatic nitrogens is 2. The molecular formula is C35H69BrN8O11. The minimum atomic E-state index is -0.690. The number of ether oxygens (including phenoxy) is 7. The van der Waals surface area contributed by atoms with Crippen LogP contribution >= 0.6 is 15.9 Å². The van der Waals surface area contributed by atoms with E-state index in [0.717, 1.165) is 18.9 Å². The van der Waals surface area contributed by atoms with Crippen LogP contribution in [0, 0.1) is 10.8 Å². The summed E-state index contributed by atoms with van der Waals surface area (Å²) in [5, 5.41) is 13.1. The zero-order valence-electron chi connectivity index (χ0n) is 35.0. The summed E-state index contributed by atoms with van der Waals surface area (Å²) in [7, 11) is 2.85. The van der Waals surface area contributed by atoms with Gasteiger partial charge in [0, 0.05) is 46.8 Å². The number of imidazole rings is 1. The number of carbonyl (C=O) groups is 4. The Morgan fingerprint density at radius 2 is 1.33 bits per heavy atom. The molecule has 1 aromatic rings. The first-order valence-electron chi connectivity index (χ1n) is 17.4. The van der Waals surface area contributed by atoms with Crippen LogP contribution in [-0.2, 0) is 47.5 Å². The van der Waals surface area contributed by atoms with E-state index in [0.29, 0.717) is 13.2 Å². The van der Waals surface area contributed by atoms with E-state index >= 15 is 0 Å². The number of amidine groups is 1. The molecule has 0 radical (unpaired) electrons. The number of nitrogen functional groups attached to an aromatic ring is 1. The minimum Gasteiger partial charge on any atom is -0.460 e. The number of halogens is 1. The standard InChI is InChI=1S/C11H19N3O2.C7H13BrO3.C7H14N2O2.C5H10O3.C4H8O.CH5N3/c1-7(2)8-6-14(9(12)13-8)10(15)16-11(3,4)5;1-3-10-7(11-4-2)6(9)5-8;1-7(2,3)11-6(10)4-5(8)9;1-4(6)5(7-2)8-3;1-2-4-5-3-1;2-1(3)4/h6-7H,1-5H3,(H2,12,13);7H,3-5H2,1-2H3;4H2,1-3H3,(H3,8,9);5H,1-3H3;1-4H2;(H5,2,3,4). The molecule has 10 N–H and O–H groups in total. The topological polar surface area (TPSA) is 302 Å². The number of methoxy groups -OCH3 is 2. The van der Waals surface area contributed by atoms with E-state index in [1.807, 2.05) is 27.7 Å². The summed E-state index contributed by atoms with van der Waals surface area (Å²) in [6, 6.07) is 0. The Morgan fingerprint density at radius 3 is 1.56 bits per heavy atom. The smallest absolute Gasteiger partial charge is 0.421 e. The Hall–Kier alpha value is -3.69. The zero-order valence-corrected chi connectivity index (χ0v) is 36.6. The molecule has 55 heavy (non-hydrogen) atoms. The molecule has 2 heterocycles. The highest BCUT2D eigenvalue weighted by Crippen LogP contribution is 2.17. The Bertz CT molecular complexity index is 1220. The van der Waals surface area contributed by atoms with E-state index in [9.17, 15) is 19.2 Å². The van der Waals surface area contributed by atoms with E-state index in [1.165, 1.54) is 38.6 Å². The monoisotopic (exact) mass is 856 g/mol. The third-order valence-corrected chi connectivity index (χ3v) is 5.86. The number of anilines is 1. The van der Waals surface area contributed by atoms with E-state index in [2.05, 4.69) is 41.9 Å². The van der Waals surface area contributed by atoms with Crippen molar-refractivity contribution in [3.05, 3.63) is 11.9 Å². The van der Waals surface area contributed by atoms with Crippen molar-refractivity contribution in [1.29, 1.82) is 10.8 Å². The molecule has 0 aliphatic carbocycles. The van der Waals surface area contributed by atoms with Gasteiger partial charge >= 0.3 is 12.1 Å². The van der Waals surface area contributed by atoms with Gasteiger partial charge in [-0.25, -0.2) is 14.3 Å². The van der Waals surface area contributed by atoms with Crippen molar-refractivity contribution in [3.63, 3.8) is 0 Å². The van der Waals surface area contributed by atoms with Crippen LogP contribution in [0.2, 0.25) is 0 Å². The number of carbonyl (C=O) groups excluding carboxylic acids is 4. The average molecular weight is 858 g/mol.